The molecule has 4 heterocycles. The summed E-state index contributed by atoms with van der Waals surface area (Å²) in [5, 5.41) is 28.1. The molecular formula is C15H15N9. The van der Waals surface area contributed by atoms with Gasteiger partial charge in [-0.1, -0.05) is 0 Å². The van der Waals surface area contributed by atoms with Crippen LogP contribution in [0.1, 0.15) is 12.0 Å². The first kappa shape index (κ1) is 14.3. The second kappa shape index (κ2) is 6.08. The second-order valence-corrected chi connectivity index (χ2v) is 5.71. The van der Waals surface area contributed by atoms with Crippen molar-refractivity contribution < 1.29 is 0 Å². The van der Waals surface area contributed by atoms with Crippen LogP contribution in [-0.4, -0.2) is 49.9 Å². The number of nitrogens with one attached hydrogen (secondary N) is 1. The van der Waals surface area contributed by atoms with Gasteiger partial charge in [0, 0.05) is 25.8 Å². The van der Waals surface area contributed by atoms with Gasteiger partial charge in [-0.05, 0) is 47.0 Å². The molecule has 0 amide bonds. The first-order valence-electron chi connectivity index (χ1n) is 7.73. The summed E-state index contributed by atoms with van der Waals surface area (Å²) in [7, 11) is 0. The highest BCUT2D eigenvalue weighted by Crippen LogP contribution is 2.22. The van der Waals surface area contributed by atoms with Gasteiger partial charge in [0.05, 0.1) is 5.56 Å². The number of rotatable bonds is 4. The van der Waals surface area contributed by atoms with Crippen LogP contribution in [0.15, 0.2) is 30.5 Å². The van der Waals surface area contributed by atoms with Crippen molar-refractivity contribution in [2.24, 2.45) is 5.92 Å². The Morgan fingerprint density at radius 1 is 1.33 bits per heavy atom. The monoisotopic (exact) mass is 321 g/mol. The molecule has 1 saturated heterocycles. The van der Waals surface area contributed by atoms with E-state index < -0.39 is 0 Å². The molecule has 0 radical (unpaired) electrons. The fourth-order valence-electron chi connectivity index (χ4n) is 2.89. The van der Waals surface area contributed by atoms with Crippen molar-refractivity contribution in [3.8, 4) is 6.07 Å². The van der Waals surface area contributed by atoms with E-state index in [0.717, 1.165) is 31.9 Å². The maximum atomic E-state index is 9.10. The standard InChI is InChI=1S/C15H15N9/c16-8-12-2-1-6-17-15(12)18-9-11-5-7-23(10-11)14-4-3-13-19-21-22-24(13)20-14/h1-4,6,11H,5,7,9-10H2,(H,17,18)/t11-/m0/s1. The third-order valence-electron chi connectivity index (χ3n) is 4.15. The van der Waals surface area contributed by atoms with Crippen LogP contribution in [0.2, 0.25) is 0 Å². The first-order chi connectivity index (χ1) is 11.8. The van der Waals surface area contributed by atoms with Gasteiger partial charge in [0.2, 0.25) is 0 Å². The summed E-state index contributed by atoms with van der Waals surface area (Å²) < 4.78 is 1.44. The fraction of sp³-hybridized carbons (Fsp3) is 0.333. The Morgan fingerprint density at radius 3 is 3.21 bits per heavy atom. The second-order valence-electron chi connectivity index (χ2n) is 5.71. The zero-order valence-corrected chi connectivity index (χ0v) is 12.9. The zero-order valence-electron chi connectivity index (χ0n) is 12.9. The van der Waals surface area contributed by atoms with Crippen molar-refractivity contribution in [2.75, 3.05) is 29.9 Å². The molecule has 0 aromatic carbocycles. The number of nitrogens with zero attached hydrogens (tertiary/aromatic N) is 8. The Kier molecular flexibility index (Phi) is 3.63. The molecule has 3 aromatic rings. The highest BCUT2D eigenvalue weighted by molar-refractivity contribution is 5.51. The van der Waals surface area contributed by atoms with Gasteiger partial charge >= 0.3 is 0 Å². The molecule has 0 unspecified atom stereocenters. The lowest BCUT2D eigenvalue weighted by atomic mass is 10.1. The topological polar surface area (TPSA) is 108 Å². The van der Waals surface area contributed by atoms with Crippen molar-refractivity contribution >= 4 is 17.3 Å². The van der Waals surface area contributed by atoms with E-state index in [1.54, 1.807) is 18.3 Å². The first-order valence-corrected chi connectivity index (χ1v) is 7.73. The lowest BCUT2D eigenvalue weighted by Crippen LogP contribution is -2.24. The molecule has 1 atom stereocenters. The molecule has 1 fully saturated rings. The minimum Gasteiger partial charge on any atom is -0.369 e. The Balaban J connectivity index is 1.40. The zero-order chi connectivity index (χ0) is 16.4. The van der Waals surface area contributed by atoms with Gasteiger partial charge in [0.1, 0.15) is 11.9 Å². The number of pyridine rings is 1. The molecule has 4 rings (SSSR count). The molecule has 9 nitrogen and oxygen atoms in total. The average Bonchev–Trinajstić information content (AvgIpc) is 3.28. The van der Waals surface area contributed by atoms with Gasteiger partial charge in [0.25, 0.3) is 0 Å². The van der Waals surface area contributed by atoms with Crippen molar-refractivity contribution in [2.45, 2.75) is 6.42 Å². The van der Waals surface area contributed by atoms with Crippen molar-refractivity contribution in [1.29, 1.82) is 5.26 Å². The Bertz CT molecular complexity index is 897. The number of fused-ring (bicyclic) bond motifs is 1. The summed E-state index contributed by atoms with van der Waals surface area (Å²) in [5.74, 6) is 1.98. The van der Waals surface area contributed by atoms with Crippen molar-refractivity contribution in [3.05, 3.63) is 36.0 Å². The van der Waals surface area contributed by atoms with E-state index in [1.807, 2.05) is 12.1 Å². The SMILES string of the molecule is N#Cc1cccnc1NC[C@@H]1CCN(c2ccc3nnnn3n2)C1. The lowest BCUT2D eigenvalue weighted by molar-refractivity contribution is 0.619. The predicted molar refractivity (Wildman–Crippen MR) is 86.3 cm³/mol. The number of aromatic nitrogens is 6. The molecule has 0 spiro atoms. The molecule has 120 valence electrons. The molecule has 1 aliphatic rings. The molecule has 3 aromatic heterocycles. The maximum Gasteiger partial charge on any atom is 0.200 e. The predicted octanol–water partition coefficient (Wildman–Crippen LogP) is 0.724. The molecule has 0 aliphatic carbocycles. The van der Waals surface area contributed by atoms with Gasteiger partial charge in [-0.15, -0.1) is 14.8 Å². The van der Waals surface area contributed by atoms with Crippen LogP contribution in [0.5, 0.6) is 0 Å². The summed E-state index contributed by atoms with van der Waals surface area (Å²) in [6, 6.07) is 9.48. The minimum absolute atomic E-state index is 0.463. The molecule has 1 aliphatic heterocycles. The highest BCUT2D eigenvalue weighted by atomic mass is 15.6. The van der Waals surface area contributed by atoms with Gasteiger partial charge in [-0.25, -0.2) is 4.98 Å². The quantitative estimate of drug-likeness (QED) is 0.749. The summed E-state index contributed by atoms with van der Waals surface area (Å²) in [5.41, 5.74) is 1.20. The van der Waals surface area contributed by atoms with E-state index in [-0.39, 0.29) is 0 Å². The van der Waals surface area contributed by atoms with E-state index in [4.69, 9.17) is 5.26 Å². The normalized spacial score (nSPS) is 17.1. The van der Waals surface area contributed by atoms with Crippen LogP contribution in [0.3, 0.4) is 0 Å². The van der Waals surface area contributed by atoms with Crippen molar-refractivity contribution in [3.63, 3.8) is 0 Å². The molecule has 0 bridgehead atoms. The smallest absolute Gasteiger partial charge is 0.200 e. The summed E-state index contributed by atoms with van der Waals surface area (Å²) in [6.07, 6.45) is 2.74. The van der Waals surface area contributed by atoms with Gasteiger partial charge in [-0.3, -0.25) is 0 Å². The van der Waals surface area contributed by atoms with Crippen LogP contribution < -0.4 is 10.2 Å². The van der Waals surface area contributed by atoms with Crippen molar-refractivity contribution in [1.82, 2.24) is 30.2 Å². The van der Waals surface area contributed by atoms with E-state index in [1.165, 1.54) is 4.63 Å². The van der Waals surface area contributed by atoms with Crippen LogP contribution in [0, 0.1) is 17.2 Å². The van der Waals surface area contributed by atoms with Gasteiger partial charge in [-0.2, -0.15) is 5.26 Å². The maximum absolute atomic E-state index is 9.10. The number of tetrazole rings is 1. The Hall–Kier alpha value is -3.28. The van der Waals surface area contributed by atoms with E-state index in [9.17, 15) is 0 Å². The number of anilines is 2. The summed E-state index contributed by atoms with van der Waals surface area (Å²) >= 11 is 0. The molecular weight excluding hydrogens is 306 g/mol. The largest absolute Gasteiger partial charge is 0.369 e. The summed E-state index contributed by atoms with van der Waals surface area (Å²) in [4.78, 5) is 6.45. The Labute approximate surface area is 137 Å². The molecule has 9 heteroatoms. The molecule has 1 N–H and O–H groups in total. The third kappa shape index (κ3) is 2.69. The van der Waals surface area contributed by atoms with E-state index in [0.29, 0.717) is 22.9 Å². The Morgan fingerprint density at radius 2 is 2.29 bits per heavy atom. The fourth-order valence-corrected chi connectivity index (χ4v) is 2.89. The molecule has 0 saturated carbocycles. The lowest BCUT2D eigenvalue weighted by Gasteiger charge is -2.17. The average molecular weight is 321 g/mol. The van der Waals surface area contributed by atoms with E-state index in [2.05, 4.69) is 41.9 Å². The van der Waals surface area contributed by atoms with Gasteiger partial charge < -0.3 is 10.2 Å². The summed E-state index contributed by atoms with van der Waals surface area (Å²) in [6.45, 7) is 2.60. The number of hydrogen-bond donors (Lipinski definition) is 1. The minimum atomic E-state index is 0.463. The molecule has 24 heavy (non-hydrogen) atoms. The van der Waals surface area contributed by atoms with Crippen LogP contribution >= 0.6 is 0 Å². The van der Waals surface area contributed by atoms with E-state index >= 15 is 0 Å². The number of hydrogen-bond acceptors (Lipinski definition) is 8. The van der Waals surface area contributed by atoms with Crippen LogP contribution in [-0.2, 0) is 0 Å². The number of nitriles is 1. The highest BCUT2D eigenvalue weighted by Gasteiger charge is 2.24. The van der Waals surface area contributed by atoms with Crippen LogP contribution in [0.4, 0.5) is 11.6 Å². The third-order valence-corrected chi connectivity index (χ3v) is 4.15. The van der Waals surface area contributed by atoms with Crippen LogP contribution in [0.25, 0.3) is 5.65 Å². The van der Waals surface area contributed by atoms with Gasteiger partial charge in [0.15, 0.2) is 11.5 Å².